The molecule has 1 aliphatic rings. The minimum absolute atomic E-state index is 0.00547. The molecule has 2 atom stereocenters. The first-order valence-electron chi connectivity index (χ1n) is 9.46. The number of rotatable bonds is 6. The predicted molar refractivity (Wildman–Crippen MR) is 111 cm³/mol. The lowest BCUT2D eigenvalue weighted by atomic mass is 9.78. The lowest BCUT2D eigenvalue weighted by molar-refractivity contribution is -0.126. The van der Waals surface area contributed by atoms with Crippen LogP contribution in [0.1, 0.15) is 51.3 Å². The molecule has 7 nitrogen and oxygen atoms in total. The lowest BCUT2D eigenvalue weighted by Crippen LogP contribution is -2.52. The van der Waals surface area contributed by atoms with Gasteiger partial charge in [0.05, 0.1) is 17.3 Å². The number of halogens is 1. The van der Waals surface area contributed by atoms with Gasteiger partial charge in [0.25, 0.3) is 0 Å². The van der Waals surface area contributed by atoms with E-state index in [2.05, 4.69) is 20.0 Å². The van der Waals surface area contributed by atoms with Crippen molar-refractivity contribution in [2.75, 3.05) is 12.8 Å². The SMILES string of the molecule is CC(C)(CNC(=O)[C@@H]1CCCC[C@H]1c1nc2ccc(Cl)cc2[nH]1)NS(C)(=O)=O. The van der Waals surface area contributed by atoms with Crippen molar-refractivity contribution in [2.24, 2.45) is 5.92 Å². The second kappa shape index (κ2) is 8.00. The Hall–Kier alpha value is -1.64. The molecule has 1 aromatic heterocycles. The van der Waals surface area contributed by atoms with E-state index >= 15 is 0 Å². The summed E-state index contributed by atoms with van der Waals surface area (Å²) < 4.78 is 25.5. The highest BCUT2D eigenvalue weighted by Crippen LogP contribution is 2.37. The summed E-state index contributed by atoms with van der Waals surface area (Å²) in [7, 11) is -3.35. The van der Waals surface area contributed by atoms with E-state index in [1.165, 1.54) is 0 Å². The fourth-order valence-corrected chi connectivity index (χ4v) is 5.17. The number of aromatic amines is 1. The third-order valence-electron chi connectivity index (χ3n) is 5.08. The Morgan fingerprint density at radius 1 is 1.32 bits per heavy atom. The van der Waals surface area contributed by atoms with Gasteiger partial charge in [0, 0.05) is 28.9 Å². The summed E-state index contributed by atoms with van der Waals surface area (Å²) in [5.74, 6) is 0.557. The Morgan fingerprint density at radius 3 is 2.75 bits per heavy atom. The molecule has 154 valence electrons. The van der Waals surface area contributed by atoms with Crippen LogP contribution in [-0.4, -0.2) is 42.6 Å². The van der Waals surface area contributed by atoms with Crippen molar-refractivity contribution in [3.8, 4) is 0 Å². The lowest BCUT2D eigenvalue weighted by Gasteiger charge is -2.31. The molecule has 1 aliphatic carbocycles. The molecule has 0 radical (unpaired) electrons. The number of fused-ring (bicyclic) bond motifs is 1. The number of nitrogens with zero attached hydrogens (tertiary/aromatic N) is 1. The highest BCUT2D eigenvalue weighted by atomic mass is 35.5. The number of H-pyrrole nitrogens is 1. The van der Waals surface area contributed by atoms with E-state index in [9.17, 15) is 13.2 Å². The minimum Gasteiger partial charge on any atom is -0.354 e. The highest BCUT2D eigenvalue weighted by molar-refractivity contribution is 7.88. The predicted octanol–water partition coefficient (Wildman–Crippen LogP) is 2.93. The molecule has 2 aromatic rings. The number of benzene rings is 1. The molecule has 0 saturated heterocycles. The van der Waals surface area contributed by atoms with Gasteiger partial charge in [0.15, 0.2) is 0 Å². The van der Waals surface area contributed by atoms with Gasteiger partial charge in [-0.3, -0.25) is 4.79 Å². The Bertz CT molecular complexity index is 971. The standard InChI is InChI=1S/C19H27ClN4O3S/c1-19(2,24-28(3,26)27)11-21-18(25)14-7-5-4-6-13(14)17-22-15-9-8-12(20)10-16(15)23-17/h8-10,13-14,24H,4-7,11H2,1-3H3,(H,21,25)(H,22,23)/t13-,14-/m1/s1. The minimum atomic E-state index is -3.35. The van der Waals surface area contributed by atoms with E-state index in [4.69, 9.17) is 11.6 Å². The Morgan fingerprint density at radius 2 is 2.04 bits per heavy atom. The summed E-state index contributed by atoms with van der Waals surface area (Å²) in [6.07, 6.45) is 4.82. The van der Waals surface area contributed by atoms with Crippen LogP contribution in [0.2, 0.25) is 5.02 Å². The number of amides is 1. The van der Waals surface area contributed by atoms with E-state index < -0.39 is 15.6 Å². The molecular formula is C19H27ClN4O3S. The van der Waals surface area contributed by atoms with Crippen molar-refractivity contribution in [1.82, 2.24) is 20.0 Å². The van der Waals surface area contributed by atoms with Crippen LogP contribution in [0.25, 0.3) is 11.0 Å². The number of hydrogen-bond donors (Lipinski definition) is 3. The van der Waals surface area contributed by atoms with E-state index in [0.29, 0.717) is 5.02 Å². The second-order valence-corrected chi connectivity index (χ2v) is 10.4. The molecule has 0 unspecified atom stereocenters. The Balaban J connectivity index is 1.74. The van der Waals surface area contributed by atoms with Gasteiger partial charge >= 0.3 is 0 Å². The summed E-state index contributed by atoms with van der Waals surface area (Å²) in [6, 6.07) is 5.51. The van der Waals surface area contributed by atoms with E-state index in [0.717, 1.165) is 48.8 Å². The van der Waals surface area contributed by atoms with Crippen molar-refractivity contribution in [3.63, 3.8) is 0 Å². The number of carbonyl (C=O) groups excluding carboxylic acids is 1. The maximum Gasteiger partial charge on any atom is 0.223 e. The summed E-state index contributed by atoms with van der Waals surface area (Å²) >= 11 is 6.06. The van der Waals surface area contributed by atoms with Gasteiger partial charge in [-0.25, -0.2) is 18.1 Å². The molecule has 9 heteroatoms. The van der Waals surface area contributed by atoms with Gasteiger partial charge in [-0.2, -0.15) is 0 Å². The Kier molecular flexibility index (Phi) is 6.03. The highest BCUT2D eigenvalue weighted by Gasteiger charge is 2.35. The fourth-order valence-electron chi connectivity index (χ4n) is 3.93. The molecule has 3 N–H and O–H groups in total. The third kappa shape index (κ3) is 5.24. The molecule has 3 rings (SSSR count). The van der Waals surface area contributed by atoms with Gasteiger partial charge in [-0.05, 0) is 44.9 Å². The van der Waals surface area contributed by atoms with Crippen LogP contribution in [0.3, 0.4) is 0 Å². The smallest absolute Gasteiger partial charge is 0.223 e. The maximum absolute atomic E-state index is 12.9. The van der Waals surface area contributed by atoms with Crippen LogP contribution in [0.5, 0.6) is 0 Å². The van der Waals surface area contributed by atoms with Crippen LogP contribution in [-0.2, 0) is 14.8 Å². The molecule has 28 heavy (non-hydrogen) atoms. The quantitative estimate of drug-likeness (QED) is 0.660. The normalized spacial score (nSPS) is 21.0. The zero-order chi connectivity index (χ0) is 20.5. The molecular weight excluding hydrogens is 400 g/mol. The van der Waals surface area contributed by atoms with Gasteiger partial charge in [-0.15, -0.1) is 0 Å². The van der Waals surface area contributed by atoms with E-state index in [1.54, 1.807) is 19.9 Å². The Labute approximate surface area is 170 Å². The molecule has 0 aliphatic heterocycles. The molecule has 0 bridgehead atoms. The number of sulfonamides is 1. The van der Waals surface area contributed by atoms with Gasteiger partial charge in [0.1, 0.15) is 5.82 Å². The van der Waals surface area contributed by atoms with Gasteiger partial charge in [-0.1, -0.05) is 24.4 Å². The zero-order valence-electron chi connectivity index (χ0n) is 16.4. The number of aromatic nitrogens is 2. The zero-order valence-corrected chi connectivity index (χ0v) is 18.0. The summed E-state index contributed by atoms with van der Waals surface area (Å²) in [5, 5.41) is 3.57. The van der Waals surface area contributed by atoms with Crippen LogP contribution in [0, 0.1) is 5.92 Å². The first-order valence-corrected chi connectivity index (χ1v) is 11.7. The largest absolute Gasteiger partial charge is 0.354 e. The van der Waals surface area contributed by atoms with Crippen molar-refractivity contribution >= 4 is 38.6 Å². The van der Waals surface area contributed by atoms with Crippen LogP contribution >= 0.6 is 11.6 Å². The number of imidazole rings is 1. The van der Waals surface area contributed by atoms with Crippen molar-refractivity contribution in [3.05, 3.63) is 29.0 Å². The van der Waals surface area contributed by atoms with Crippen LogP contribution in [0.4, 0.5) is 0 Å². The second-order valence-electron chi connectivity index (χ2n) is 8.26. The van der Waals surface area contributed by atoms with E-state index in [1.807, 2.05) is 12.1 Å². The number of carbonyl (C=O) groups is 1. The maximum atomic E-state index is 12.9. The number of nitrogens with one attached hydrogen (secondary N) is 3. The molecule has 1 saturated carbocycles. The van der Waals surface area contributed by atoms with Crippen molar-refractivity contribution in [2.45, 2.75) is 51.0 Å². The third-order valence-corrected chi connectivity index (χ3v) is 6.24. The molecule has 1 fully saturated rings. The van der Waals surface area contributed by atoms with Gasteiger partial charge in [0.2, 0.25) is 15.9 Å². The topological polar surface area (TPSA) is 104 Å². The molecule has 1 aromatic carbocycles. The van der Waals surface area contributed by atoms with Crippen LogP contribution in [0.15, 0.2) is 18.2 Å². The average Bonchev–Trinajstić information content (AvgIpc) is 3.00. The van der Waals surface area contributed by atoms with E-state index in [-0.39, 0.29) is 24.3 Å². The molecule has 0 spiro atoms. The summed E-state index contributed by atoms with van der Waals surface area (Å²) in [4.78, 5) is 20.9. The van der Waals surface area contributed by atoms with Crippen molar-refractivity contribution < 1.29 is 13.2 Å². The monoisotopic (exact) mass is 426 g/mol. The molecule has 1 heterocycles. The first-order chi connectivity index (χ1) is 13.0. The van der Waals surface area contributed by atoms with Crippen LogP contribution < -0.4 is 10.0 Å². The number of hydrogen-bond acceptors (Lipinski definition) is 4. The first kappa shape index (κ1) is 21.1. The van der Waals surface area contributed by atoms with Gasteiger partial charge < -0.3 is 10.3 Å². The summed E-state index contributed by atoms with van der Waals surface area (Å²) in [5.41, 5.74) is 0.942. The average molecular weight is 427 g/mol. The fraction of sp³-hybridized carbons (Fsp3) is 0.579. The van der Waals surface area contributed by atoms with Crippen molar-refractivity contribution in [1.29, 1.82) is 0 Å². The molecule has 1 amide bonds. The summed E-state index contributed by atoms with van der Waals surface area (Å²) in [6.45, 7) is 3.71.